The molecule has 1 aromatic heterocycles. The number of amides is 1. The summed E-state index contributed by atoms with van der Waals surface area (Å²) in [5.74, 6) is 0.785. The van der Waals surface area contributed by atoms with E-state index in [4.69, 9.17) is 4.42 Å². The van der Waals surface area contributed by atoms with E-state index < -0.39 is 0 Å². The first-order chi connectivity index (χ1) is 11.1. The smallest absolute Gasteiger partial charge is 0.254 e. The van der Waals surface area contributed by atoms with E-state index in [9.17, 15) is 4.79 Å². The highest BCUT2D eigenvalue weighted by atomic mass is 16.4. The zero-order valence-electron chi connectivity index (χ0n) is 13.1. The molecule has 23 heavy (non-hydrogen) atoms. The molecule has 0 spiro atoms. The number of benzene rings is 2. The SMILES string of the molecule is Cc1ccc(C(=O)N(C)Cc2nnc(-c3ccccc3)o2)cc1. The van der Waals surface area contributed by atoms with Crippen molar-refractivity contribution >= 4 is 5.91 Å². The molecule has 1 amide bonds. The minimum absolute atomic E-state index is 0.0792. The molecular formula is C18H17N3O2. The Balaban J connectivity index is 1.71. The fourth-order valence-electron chi connectivity index (χ4n) is 2.21. The van der Waals surface area contributed by atoms with Gasteiger partial charge in [0.05, 0.1) is 6.54 Å². The monoisotopic (exact) mass is 307 g/mol. The van der Waals surface area contributed by atoms with E-state index in [1.54, 1.807) is 11.9 Å². The molecule has 0 radical (unpaired) electrons. The highest BCUT2D eigenvalue weighted by Gasteiger charge is 2.15. The lowest BCUT2D eigenvalue weighted by atomic mass is 10.1. The first kappa shape index (κ1) is 15.0. The van der Waals surface area contributed by atoms with E-state index in [0.29, 0.717) is 17.3 Å². The zero-order valence-corrected chi connectivity index (χ0v) is 13.1. The zero-order chi connectivity index (χ0) is 16.2. The van der Waals surface area contributed by atoms with Crippen LogP contribution in [-0.2, 0) is 6.54 Å². The minimum atomic E-state index is -0.0792. The predicted octanol–water partition coefficient (Wildman–Crippen LogP) is 3.32. The Hall–Kier alpha value is -2.95. The molecular weight excluding hydrogens is 290 g/mol. The molecule has 0 aliphatic heterocycles. The molecule has 0 aliphatic rings. The summed E-state index contributed by atoms with van der Waals surface area (Å²) in [6.07, 6.45) is 0. The van der Waals surface area contributed by atoms with Crippen molar-refractivity contribution in [3.05, 3.63) is 71.6 Å². The van der Waals surface area contributed by atoms with E-state index in [0.717, 1.165) is 11.1 Å². The molecule has 0 fully saturated rings. The average molecular weight is 307 g/mol. The van der Waals surface area contributed by atoms with Gasteiger partial charge in [0.1, 0.15) is 0 Å². The number of carbonyl (C=O) groups excluding carboxylic acids is 1. The van der Waals surface area contributed by atoms with Gasteiger partial charge >= 0.3 is 0 Å². The highest BCUT2D eigenvalue weighted by molar-refractivity contribution is 5.94. The summed E-state index contributed by atoms with van der Waals surface area (Å²) in [6, 6.07) is 17.0. The normalized spacial score (nSPS) is 10.5. The lowest BCUT2D eigenvalue weighted by Gasteiger charge is -2.14. The first-order valence-electron chi connectivity index (χ1n) is 7.33. The summed E-state index contributed by atoms with van der Waals surface area (Å²) in [5, 5.41) is 8.04. The average Bonchev–Trinajstić information content (AvgIpc) is 3.04. The van der Waals surface area contributed by atoms with E-state index in [2.05, 4.69) is 10.2 Å². The third kappa shape index (κ3) is 3.45. The fourth-order valence-corrected chi connectivity index (χ4v) is 2.21. The van der Waals surface area contributed by atoms with Crippen LogP contribution in [0.25, 0.3) is 11.5 Å². The van der Waals surface area contributed by atoms with Gasteiger partial charge in [-0.1, -0.05) is 35.9 Å². The lowest BCUT2D eigenvalue weighted by molar-refractivity contribution is 0.0773. The van der Waals surface area contributed by atoms with Crippen LogP contribution in [0.1, 0.15) is 21.8 Å². The molecule has 0 unspecified atom stereocenters. The molecule has 5 nitrogen and oxygen atoms in total. The molecule has 5 heteroatoms. The summed E-state index contributed by atoms with van der Waals surface area (Å²) in [6.45, 7) is 2.26. The van der Waals surface area contributed by atoms with E-state index in [1.807, 2.05) is 61.5 Å². The highest BCUT2D eigenvalue weighted by Crippen LogP contribution is 2.18. The first-order valence-corrected chi connectivity index (χ1v) is 7.33. The van der Waals surface area contributed by atoms with Crippen LogP contribution in [0.2, 0.25) is 0 Å². The predicted molar refractivity (Wildman–Crippen MR) is 86.7 cm³/mol. The standard InChI is InChI=1S/C18H17N3O2/c1-13-8-10-15(11-9-13)18(22)21(2)12-16-19-20-17(23-16)14-6-4-3-5-7-14/h3-11H,12H2,1-2H3. The number of hydrogen-bond donors (Lipinski definition) is 0. The quantitative estimate of drug-likeness (QED) is 0.742. The molecule has 0 aliphatic carbocycles. The van der Waals surface area contributed by atoms with Crippen molar-refractivity contribution < 1.29 is 9.21 Å². The van der Waals surface area contributed by atoms with Gasteiger partial charge in [-0.2, -0.15) is 0 Å². The van der Waals surface area contributed by atoms with Crippen molar-refractivity contribution in [1.82, 2.24) is 15.1 Å². The Morgan fingerprint density at radius 1 is 1.04 bits per heavy atom. The maximum absolute atomic E-state index is 12.4. The summed E-state index contributed by atoms with van der Waals surface area (Å²) >= 11 is 0. The molecule has 0 bridgehead atoms. The van der Waals surface area contributed by atoms with Gasteiger partial charge in [0, 0.05) is 18.2 Å². The third-order valence-corrected chi connectivity index (χ3v) is 3.51. The van der Waals surface area contributed by atoms with Gasteiger partial charge in [-0.05, 0) is 31.2 Å². The number of hydrogen-bond acceptors (Lipinski definition) is 4. The second-order valence-electron chi connectivity index (χ2n) is 5.39. The van der Waals surface area contributed by atoms with Crippen molar-refractivity contribution in [2.45, 2.75) is 13.5 Å². The minimum Gasteiger partial charge on any atom is -0.419 e. The number of aryl methyl sites for hydroxylation is 1. The Kier molecular flexibility index (Phi) is 4.19. The van der Waals surface area contributed by atoms with Crippen LogP contribution in [0.3, 0.4) is 0 Å². The van der Waals surface area contributed by atoms with Gasteiger partial charge in [0.2, 0.25) is 11.8 Å². The summed E-state index contributed by atoms with van der Waals surface area (Å²) in [4.78, 5) is 13.9. The largest absolute Gasteiger partial charge is 0.419 e. The topological polar surface area (TPSA) is 59.2 Å². The van der Waals surface area contributed by atoms with Gasteiger partial charge in [-0.15, -0.1) is 10.2 Å². The lowest BCUT2D eigenvalue weighted by Crippen LogP contribution is -2.26. The van der Waals surface area contributed by atoms with Gasteiger partial charge in [0.15, 0.2) is 0 Å². The second kappa shape index (κ2) is 6.44. The molecule has 1 heterocycles. The fraction of sp³-hybridized carbons (Fsp3) is 0.167. The van der Waals surface area contributed by atoms with E-state index in [1.165, 1.54) is 0 Å². The van der Waals surface area contributed by atoms with Crippen LogP contribution < -0.4 is 0 Å². The van der Waals surface area contributed by atoms with Crippen LogP contribution >= 0.6 is 0 Å². The number of rotatable bonds is 4. The number of nitrogens with zero attached hydrogens (tertiary/aromatic N) is 3. The van der Waals surface area contributed by atoms with Crippen LogP contribution in [0.5, 0.6) is 0 Å². The summed E-state index contributed by atoms with van der Waals surface area (Å²) in [5.41, 5.74) is 2.62. The van der Waals surface area contributed by atoms with Crippen molar-refractivity contribution in [2.24, 2.45) is 0 Å². The molecule has 3 aromatic rings. The molecule has 0 N–H and O–H groups in total. The number of carbonyl (C=O) groups is 1. The molecule has 0 saturated heterocycles. The summed E-state index contributed by atoms with van der Waals surface area (Å²) in [7, 11) is 1.72. The molecule has 0 atom stereocenters. The summed E-state index contributed by atoms with van der Waals surface area (Å²) < 4.78 is 5.63. The van der Waals surface area contributed by atoms with Crippen LogP contribution in [0.4, 0.5) is 0 Å². The Morgan fingerprint density at radius 3 is 2.43 bits per heavy atom. The van der Waals surface area contributed by atoms with Gasteiger partial charge < -0.3 is 9.32 Å². The van der Waals surface area contributed by atoms with Gasteiger partial charge in [0.25, 0.3) is 5.91 Å². The Morgan fingerprint density at radius 2 is 1.74 bits per heavy atom. The molecule has 3 rings (SSSR count). The van der Waals surface area contributed by atoms with E-state index >= 15 is 0 Å². The van der Waals surface area contributed by atoms with Crippen LogP contribution in [0.15, 0.2) is 59.0 Å². The van der Waals surface area contributed by atoms with Crippen molar-refractivity contribution in [1.29, 1.82) is 0 Å². The molecule has 116 valence electrons. The van der Waals surface area contributed by atoms with E-state index in [-0.39, 0.29) is 12.5 Å². The number of aromatic nitrogens is 2. The Bertz CT molecular complexity index is 795. The molecule has 0 saturated carbocycles. The van der Waals surface area contributed by atoms with Crippen molar-refractivity contribution in [3.63, 3.8) is 0 Å². The van der Waals surface area contributed by atoms with Crippen molar-refractivity contribution in [2.75, 3.05) is 7.05 Å². The van der Waals surface area contributed by atoms with Crippen molar-refractivity contribution in [3.8, 4) is 11.5 Å². The Labute approximate surface area is 134 Å². The molecule has 2 aromatic carbocycles. The second-order valence-corrected chi connectivity index (χ2v) is 5.39. The van der Waals surface area contributed by atoms with Gasteiger partial charge in [-0.25, -0.2) is 0 Å². The van der Waals surface area contributed by atoms with Crippen LogP contribution in [0, 0.1) is 6.92 Å². The third-order valence-electron chi connectivity index (χ3n) is 3.51. The maximum Gasteiger partial charge on any atom is 0.254 e. The van der Waals surface area contributed by atoms with Crippen LogP contribution in [-0.4, -0.2) is 28.1 Å². The maximum atomic E-state index is 12.4. The van der Waals surface area contributed by atoms with Gasteiger partial charge in [-0.3, -0.25) is 4.79 Å².